The van der Waals surface area contributed by atoms with Crippen LogP contribution in [0.25, 0.3) is 17.0 Å². The van der Waals surface area contributed by atoms with Crippen LogP contribution in [0.4, 0.5) is 9.18 Å². The highest BCUT2D eigenvalue weighted by atomic mass is 35.5. The molecular formula is C21H18ClFN4O2. The first-order valence-electron chi connectivity index (χ1n) is 9.12. The molecule has 2 heterocycles. The molecule has 0 radical (unpaired) electrons. The fraction of sp³-hybridized carbons (Fsp3) is 0.190. The Balaban J connectivity index is 1.81. The summed E-state index contributed by atoms with van der Waals surface area (Å²) >= 11 is 6.01. The van der Waals surface area contributed by atoms with Crippen molar-refractivity contribution < 1.29 is 13.7 Å². The van der Waals surface area contributed by atoms with E-state index < -0.39 is 6.04 Å². The Morgan fingerprint density at radius 1 is 1.24 bits per heavy atom. The molecule has 8 heteroatoms. The fourth-order valence-corrected chi connectivity index (χ4v) is 3.55. The molecule has 4 rings (SSSR count). The second kappa shape index (κ2) is 7.67. The highest BCUT2D eigenvalue weighted by Crippen LogP contribution is 2.37. The first-order chi connectivity index (χ1) is 14.0. The van der Waals surface area contributed by atoms with Gasteiger partial charge in [-0.05, 0) is 43.7 Å². The molecule has 1 aliphatic rings. The average Bonchev–Trinajstić information content (AvgIpc) is 3.18. The summed E-state index contributed by atoms with van der Waals surface area (Å²) < 4.78 is 19.1. The summed E-state index contributed by atoms with van der Waals surface area (Å²) in [6.45, 7) is 4.21. The molecule has 1 atom stereocenters. The van der Waals surface area contributed by atoms with Gasteiger partial charge >= 0.3 is 6.03 Å². The van der Waals surface area contributed by atoms with Crippen molar-refractivity contribution >= 4 is 23.2 Å². The van der Waals surface area contributed by atoms with E-state index in [4.69, 9.17) is 16.1 Å². The van der Waals surface area contributed by atoms with Crippen LogP contribution in [-0.4, -0.2) is 27.6 Å². The average molecular weight is 413 g/mol. The summed E-state index contributed by atoms with van der Waals surface area (Å²) in [6.07, 6.45) is 0. The molecule has 0 fully saturated rings. The van der Waals surface area contributed by atoms with E-state index in [1.54, 1.807) is 29.2 Å². The SMILES string of the molecule is CCN1C(=O)NC(c2ccc(Cl)cc2)C(c2nc(-c3cccc(F)c3)no2)=C1C. The number of hydrogen-bond acceptors (Lipinski definition) is 4. The summed E-state index contributed by atoms with van der Waals surface area (Å²) in [5.41, 5.74) is 2.74. The molecule has 1 N–H and O–H groups in total. The Labute approximate surface area is 172 Å². The highest BCUT2D eigenvalue weighted by Gasteiger charge is 2.35. The van der Waals surface area contributed by atoms with Crippen LogP contribution in [0, 0.1) is 5.82 Å². The van der Waals surface area contributed by atoms with Crippen molar-refractivity contribution in [2.24, 2.45) is 0 Å². The number of halogens is 2. The van der Waals surface area contributed by atoms with Crippen molar-refractivity contribution in [3.8, 4) is 11.4 Å². The Kier molecular flexibility index (Phi) is 5.07. The second-order valence-electron chi connectivity index (χ2n) is 6.61. The smallest absolute Gasteiger partial charge is 0.322 e. The number of aromatic nitrogens is 2. The Hall–Kier alpha value is -3.19. The number of amides is 2. The Bertz CT molecular complexity index is 1090. The predicted molar refractivity (Wildman–Crippen MR) is 107 cm³/mol. The van der Waals surface area contributed by atoms with Gasteiger partial charge < -0.3 is 9.84 Å². The summed E-state index contributed by atoms with van der Waals surface area (Å²) in [6, 6.07) is 12.5. The van der Waals surface area contributed by atoms with Crippen molar-refractivity contribution in [3.05, 3.63) is 76.5 Å². The van der Waals surface area contributed by atoms with Crippen LogP contribution >= 0.6 is 11.6 Å². The van der Waals surface area contributed by atoms with Crippen molar-refractivity contribution in [2.45, 2.75) is 19.9 Å². The number of nitrogens with zero attached hydrogens (tertiary/aromatic N) is 3. The van der Waals surface area contributed by atoms with Gasteiger partial charge in [-0.3, -0.25) is 4.90 Å². The molecule has 0 aliphatic carbocycles. The van der Waals surface area contributed by atoms with Crippen molar-refractivity contribution in [3.63, 3.8) is 0 Å². The van der Waals surface area contributed by atoms with E-state index in [0.717, 1.165) is 5.56 Å². The van der Waals surface area contributed by atoms with E-state index >= 15 is 0 Å². The van der Waals surface area contributed by atoms with Crippen LogP contribution in [0.5, 0.6) is 0 Å². The van der Waals surface area contributed by atoms with E-state index in [-0.39, 0.29) is 23.6 Å². The lowest BCUT2D eigenvalue weighted by Gasteiger charge is -2.34. The largest absolute Gasteiger partial charge is 0.334 e. The van der Waals surface area contributed by atoms with Crippen LogP contribution in [0.1, 0.15) is 31.3 Å². The normalized spacial score (nSPS) is 16.9. The van der Waals surface area contributed by atoms with Gasteiger partial charge in [0.05, 0.1) is 11.6 Å². The zero-order valence-electron chi connectivity index (χ0n) is 15.8. The molecule has 2 amide bonds. The van der Waals surface area contributed by atoms with Gasteiger partial charge in [-0.25, -0.2) is 9.18 Å². The van der Waals surface area contributed by atoms with Crippen LogP contribution < -0.4 is 5.32 Å². The van der Waals surface area contributed by atoms with Crippen LogP contribution in [0.15, 0.2) is 58.8 Å². The van der Waals surface area contributed by atoms with E-state index in [1.165, 1.54) is 12.1 Å². The molecule has 29 heavy (non-hydrogen) atoms. The molecule has 0 spiro atoms. The van der Waals surface area contributed by atoms with Crippen LogP contribution in [0.3, 0.4) is 0 Å². The predicted octanol–water partition coefficient (Wildman–Crippen LogP) is 5.05. The molecule has 2 aromatic carbocycles. The monoisotopic (exact) mass is 412 g/mol. The first kappa shape index (κ1) is 19.1. The maximum Gasteiger partial charge on any atom is 0.322 e. The summed E-state index contributed by atoms with van der Waals surface area (Å²) in [4.78, 5) is 18.7. The number of allylic oxidation sites excluding steroid dienone is 1. The van der Waals surface area contributed by atoms with Gasteiger partial charge in [-0.2, -0.15) is 4.98 Å². The molecule has 1 aliphatic heterocycles. The Morgan fingerprint density at radius 2 is 2.00 bits per heavy atom. The van der Waals surface area contributed by atoms with Crippen molar-refractivity contribution in [1.29, 1.82) is 0 Å². The number of rotatable bonds is 4. The molecule has 1 unspecified atom stereocenters. The Morgan fingerprint density at radius 3 is 2.69 bits per heavy atom. The third kappa shape index (κ3) is 3.61. The minimum atomic E-state index is -0.483. The van der Waals surface area contributed by atoms with Crippen LogP contribution in [-0.2, 0) is 0 Å². The topological polar surface area (TPSA) is 71.3 Å². The zero-order valence-corrected chi connectivity index (χ0v) is 16.6. The minimum Gasteiger partial charge on any atom is -0.334 e. The minimum absolute atomic E-state index is 0.210. The third-order valence-electron chi connectivity index (χ3n) is 4.86. The van der Waals surface area contributed by atoms with Gasteiger partial charge in [0.2, 0.25) is 5.82 Å². The standard InChI is InChI=1S/C21H18ClFN4O2/c1-3-27-12(2)17(18(24-21(27)28)13-7-9-15(22)10-8-13)20-25-19(26-29-20)14-5-4-6-16(23)11-14/h4-11,18H,3H2,1-2H3,(H,24,28). The molecule has 0 saturated carbocycles. The first-order valence-corrected chi connectivity index (χ1v) is 9.50. The molecule has 0 saturated heterocycles. The summed E-state index contributed by atoms with van der Waals surface area (Å²) in [5, 5.41) is 7.60. The number of benzene rings is 2. The van der Waals surface area contributed by atoms with E-state index in [0.29, 0.717) is 28.4 Å². The maximum atomic E-state index is 13.6. The molecule has 1 aromatic heterocycles. The van der Waals surface area contributed by atoms with Crippen molar-refractivity contribution in [1.82, 2.24) is 20.4 Å². The summed E-state index contributed by atoms with van der Waals surface area (Å²) in [7, 11) is 0. The number of carbonyl (C=O) groups is 1. The zero-order chi connectivity index (χ0) is 20.5. The molecule has 6 nitrogen and oxygen atoms in total. The molecule has 0 bridgehead atoms. The van der Waals surface area contributed by atoms with Gasteiger partial charge in [0.15, 0.2) is 0 Å². The van der Waals surface area contributed by atoms with E-state index in [9.17, 15) is 9.18 Å². The molecule has 148 valence electrons. The van der Waals surface area contributed by atoms with Crippen molar-refractivity contribution in [2.75, 3.05) is 6.54 Å². The number of urea groups is 1. The van der Waals surface area contributed by atoms with Gasteiger partial charge in [0.1, 0.15) is 5.82 Å². The van der Waals surface area contributed by atoms with Gasteiger partial charge in [-0.15, -0.1) is 0 Å². The lowest BCUT2D eigenvalue weighted by molar-refractivity contribution is 0.207. The van der Waals surface area contributed by atoms with Gasteiger partial charge in [0.25, 0.3) is 5.89 Å². The molecular weight excluding hydrogens is 395 g/mol. The van der Waals surface area contributed by atoms with E-state index in [2.05, 4.69) is 15.5 Å². The number of carbonyl (C=O) groups excluding carboxylic acids is 1. The second-order valence-corrected chi connectivity index (χ2v) is 7.05. The lowest BCUT2D eigenvalue weighted by atomic mass is 9.95. The van der Waals surface area contributed by atoms with Gasteiger partial charge in [0, 0.05) is 22.8 Å². The van der Waals surface area contributed by atoms with Gasteiger partial charge in [-0.1, -0.05) is 41.0 Å². The summed E-state index contributed by atoms with van der Waals surface area (Å²) in [5.74, 6) is 0.153. The fourth-order valence-electron chi connectivity index (χ4n) is 3.42. The highest BCUT2D eigenvalue weighted by molar-refractivity contribution is 6.30. The number of hydrogen-bond donors (Lipinski definition) is 1. The quantitative estimate of drug-likeness (QED) is 0.651. The lowest BCUT2D eigenvalue weighted by Crippen LogP contribution is -2.45. The van der Waals surface area contributed by atoms with Crippen LogP contribution in [0.2, 0.25) is 5.02 Å². The van der Waals surface area contributed by atoms with E-state index in [1.807, 2.05) is 26.0 Å². The third-order valence-corrected chi connectivity index (χ3v) is 5.11. The maximum absolute atomic E-state index is 13.6. The molecule has 3 aromatic rings. The number of nitrogens with one attached hydrogen (secondary N) is 1.